The minimum Gasteiger partial charge on any atom is -0.389 e. The van der Waals surface area contributed by atoms with E-state index < -0.39 is 0 Å². The van der Waals surface area contributed by atoms with Crippen molar-refractivity contribution in [2.75, 3.05) is 18.0 Å². The molecule has 1 aromatic carbocycles. The van der Waals surface area contributed by atoms with Crippen molar-refractivity contribution in [3.63, 3.8) is 0 Å². The van der Waals surface area contributed by atoms with Gasteiger partial charge in [-0.25, -0.2) is 0 Å². The summed E-state index contributed by atoms with van der Waals surface area (Å²) in [7, 11) is 0. The highest BCUT2D eigenvalue weighted by Gasteiger charge is 2.25. The van der Waals surface area contributed by atoms with Crippen LogP contribution in [0.25, 0.3) is 0 Å². The maximum atomic E-state index is 9.45. The van der Waals surface area contributed by atoms with E-state index in [0.717, 1.165) is 30.5 Å². The predicted octanol–water partition coefficient (Wildman–Crippen LogP) is 2.83. The number of aliphatic hydroxyl groups excluding tert-OH is 1. The summed E-state index contributed by atoms with van der Waals surface area (Å²) >= 11 is 0. The lowest BCUT2D eigenvalue weighted by atomic mass is 10.0. The molecule has 0 bridgehead atoms. The molecule has 2 rings (SSSR count). The van der Waals surface area contributed by atoms with Gasteiger partial charge in [-0.1, -0.05) is 26.0 Å². The molecule has 1 aliphatic heterocycles. The van der Waals surface area contributed by atoms with Crippen molar-refractivity contribution in [3.8, 4) is 0 Å². The Morgan fingerprint density at radius 1 is 1.12 bits per heavy atom. The van der Waals surface area contributed by atoms with Crippen LogP contribution in [0.1, 0.15) is 32.4 Å². The highest BCUT2D eigenvalue weighted by atomic mass is 16.3. The summed E-state index contributed by atoms with van der Waals surface area (Å²) in [5.41, 5.74) is 2.27. The zero-order chi connectivity index (χ0) is 11.7. The highest BCUT2D eigenvalue weighted by Crippen LogP contribution is 2.28. The van der Waals surface area contributed by atoms with Crippen molar-refractivity contribution in [1.82, 2.24) is 0 Å². The first-order chi connectivity index (χ1) is 7.58. The molecule has 1 aliphatic rings. The van der Waals surface area contributed by atoms with Gasteiger partial charge in [-0.05, 0) is 36.5 Å². The Morgan fingerprint density at radius 2 is 1.62 bits per heavy atom. The van der Waals surface area contributed by atoms with Crippen LogP contribution in [0.4, 0.5) is 5.69 Å². The first kappa shape index (κ1) is 11.5. The van der Waals surface area contributed by atoms with E-state index >= 15 is 0 Å². The van der Waals surface area contributed by atoms with Crippen LogP contribution in [0.15, 0.2) is 24.3 Å². The van der Waals surface area contributed by atoms with Crippen molar-refractivity contribution >= 4 is 5.69 Å². The van der Waals surface area contributed by atoms with E-state index in [4.69, 9.17) is 0 Å². The van der Waals surface area contributed by atoms with E-state index in [0.29, 0.717) is 0 Å². The van der Waals surface area contributed by atoms with Crippen LogP contribution in [0.3, 0.4) is 0 Å². The average molecular weight is 219 g/mol. The van der Waals surface area contributed by atoms with Crippen LogP contribution in [-0.4, -0.2) is 18.2 Å². The third-order valence-corrected chi connectivity index (χ3v) is 3.73. The molecule has 0 radical (unpaired) electrons. The van der Waals surface area contributed by atoms with Gasteiger partial charge in [0.05, 0.1) is 6.10 Å². The standard InChI is InChI=1S/C14H21NO/c1-10-8-15(9-11(10)2)14-6-4-13(5-7-14)12(3)16/h4-7,10-12,16H,8-9H2,1-3H3/t10?,11?,12-/m1/s1. The molecule has 1 aromatic rings. The summed E-state index contributed by atoms with van der Waals surface area (Å²) in [6.07, 6.45) is -0.370. The highest BCUT2D eigenvalue weighted by molar-refractivity contribution is 5.49. The first-order valence-corrected chi connectivity index (χ1v) is 6.11. The van der Waals surface area contributed by atoms with Crippen LogP contribution in [0, 0.1) is 11.8 Å². The number of hydrogen-bond donors (Lipinski definition) is 1. The third kappa shape index (κ3) is 2.22. The van der Waals surface area contributed by atoms with E-state index in [1.807, 2.05) is 12.1 Å². The lowest BCUT2D eigenvalue weighted by molar-refractivity contribution is 0.199. The van der Waals surface area contributed by atoms with E-state index in [-0.39, 0.29) is 6.10 Å². The van der Waals surface area contributed by atoms with Gasteiger partial charge in [0.2, 0.25) is 0 Å². The van der Waals surface area contributed by atoms with E-state index in [1.54, 1.807) is 6.92 Å². The van der Waals surface area contributed by atoms with Crippen molar-refractivity contribution in [2.45, 2.75) is 26.9 Å². The number of anilines is 1. The Labute approximate surface area is 97.9 Å². The third-order valence-electron chi connectivity index (χ3n) is 3.73. The van der Waals surface area contributed by atoms with Gasteiger partial charge in [-0.15, -0.1) is 0 Å². The molecule has 1 heterocycles. The Balaban J connectivity index is 2.11. The minimum absolute atomic E-state index is 0.370. The maximum Gasteiger partial charge on any atom is 0.0761 e. The SMILES string of the molecule is CC1CN(c2ccc([C@@H](C)O)cc2)CC1C. The van der Waals surface area contributed by atoms with Crippen molar-refractivity contribution in [2.24, 2.45) is 11.8 Å². The van der Waals surface area contributed by atoms with Crippen molar-refractivity contribution in [3.05, 3.63) is 29.8 Å². The zero-order valence-electron chi connectivity index (χ0n) is 10.4. The summed E-state index contributed by atoms with van der Waals surface area (Å²) in [5, 5.41) is 9.45. The molecule has 0 aromatic heterocycles. The number of rotatable bonds is 2. The van der Waals surface area contributed by atoms with Gasteiger partial charge >= 0.3 is 0 Å². The van der Waals surface area contributed by atoms with Gasteiger partial charge < -0.3 is 10.0 Å². The first-order valence-electron chi connectivity index (χ1n) is 6.11. The largest absolute Gasteiger partial charge is 0.389 e. The van der Waals surface area contributed by atoms with Gasteiger partial charge in [0.25, 0.3) is 0 Å². The summed E-state index contributed by atoms with van der Waals surface area (Å²) in [5.74, 6) is 1.55. The summed E-state index contributed by atoms with van der Waals surface area (Å²) in [6, 6.07) is 8.28. The van der Waals surface area contributed by atoms with Gasteiger partial charge in [0, 0.05) is 18.8 Å². The van der Waals surface area contributed by atoms with E-state index in [2.05, 4.69) is 30.9 Å². The van der Waals surface area contributed by atoms with Crippen LogP contribution in [-0.2, 0) is 0 Å². The van der Waals surface area contributed by atoms with Crippen LogP contribution < -0.4 is 4.90 Å². The fourth-order valence-corrected chi connectivity index (χ4v) is 2.30. The van der Waals surface area contributed by atoms with Gasteiger partial charge in [0.1, 0.15) is 0 Å². The van der Waals surface area contributed by atoms with Crippen molar-refractivity contribution < 1.29 is 5.11 Å². The molecule has 0 amide bonds. The van der Waals surface area contributed by atoms with Gasteiger partial charge in [0.15, 0.2) is 0 Å². The number of nitrogens with zero attached hydrogens (tertiary/aromatic N) is 1. The molecule has 1 saturated heterocycles. The normalized spacial score (nSPS) is 27.1. The summed E-state index contributed by atoms with van der Waals surface area (Å²) < 4.78 is 0. The fourth-order valence-electron chi connectivity index (χ4n) is 2.30. The Morgan fingerprint density at radius 3 is 2.06 bits per heavy atom. The topological polar surface area (TPSA) is 23.5 Å². The lowest BCUT2D eigenvalue weighted by Crippen LogP contribution is -2.19. The lowest BCUT2D eigenvalue weighted by Gasteiger charge is -2.19. The Hall–Kier alpha value is -1.02. The van der Waals surface area contributed by atoms with Crippen molar-refractivity contribution in [1.29, 1.82) is 0 Å². The molecule has 1 fully saturated rings. The second kappa shape index (κ2) is 4.46. The molecular formula is C14H21NO. The van der Waals surface area contributed by atoms with Crippen LogP contribution >= 0.6 is 0 Å². The fraction of sp³-hybridized carbons (Fsp3) is 0.571. The Kier molecular flexibility index (Phi) is 3.20. The average Bonchev–Trinajstić information content (AvgIpc) is 2.59. The van der Waals surface area contributed by atoms with E-state index in [9.17, 15) is 5.11 Å². The summed E-state index contributed by atoms with van der Waals surface area (Å²) in [4.78, 5) is 2.43. The smallest absolute Gasteiger partial charge is 0.0761 e. The molecular weight excluding hydrogens is 198 g/mol. The number of hydrogen-bond acceptors (Lipinski definition) is 2. The zero-order valence-corrected chi connectivity index (χ0v) is 10.4. The molecule has 0 spiro atoms. The molecule has 1 N–H and O–H groups in total. The second-order valence-electron chi connectivity index (χ2n) is 5.13. The quantitative estimate of drug-likeness (QED) is 0.826. The maximum absolute atomic E-state index is 9.45. The molecule has 88 valence electrons. The van der Waals surface area contributed by atoms with Crippen LogP contribution in [0.2, 0.25) is 0 Å². The molecule has 16 heavy (non-hydrogen) atoms. The second-order valence-corrected chi connectivity index (χ2v) is 5.13. The molecule has 2 heteroatoms. The number of aliphatic hydroxyl groups is 1. The van der Waals surface area contributed by atoms with Gasteiger partial charge in [-0.2, -0.15) is 0 Å². The molecule has 0 saturated carbocycles. The van der Waals surface area contributed by atoms with Crippen LogP contribution in [0.5, 0.6) is 0 Å². The van der Waals surface area contributed by atoms with Gasteiger partial charge in [-0.3, -0.25) is 0 Å². The molecule has 0 aliphatic carbocycles. The summed E-state index contributed by atoms with van der Waals surface area (Å²) in [6.45, 7) is 8.73. The Bertz CT molecular complexity index is 334. The minimum atomic E-state index is -0.370. The number of benzene rings is 1. The molecule has 2 unspecified atom stereocenters. The predicted molar refractivity (Wildman–Crippen MR) is 67.6 cm³/mol. The van der Waals surface area contributed by atoms with E-state index in [1.165, 1.54) is 5.69 Å². The monoisotopic (exact) mass is 219 g/mol. The molecule has 3 atom stereocenters. The molecule has 2 nitrogen and oxygen atoms in total.